The molecule has 3 rings (SSSR count). The van der Waals surface area contributed by atoms with Crippen molar-refractivity contribution in [1.82, 2.24) is 14.9 Å². The van der Waals surface area contributed by atoms with Crippen molar-refractivity contribution in [3.63, 3.8) is 0 Å². The van der Waals surface area contributed by atoms with Crippen molar-refractivity contribution in [2.24, 2.45) is 0 Å². The third kappa shape index (κ3) is 3.61. The van der Waals surface area contributed by atoms with E-state index in [1.54, 1.807) is 19.4 Å². The number of methoxy groups -OCH3 is 1. The van der Waals surface area contributed by atoms with Gasteiger partial charge in [-0.3, -0.25) is 4.79 Å². The maximum atomic E-state index is 12.6. The fourth-order valence-electron chi connectivity index (χ4n) is 3.00. The molecule has 7 heteroatoms. The van der Waals surface area contributed by atoms with Gasteiger partial charge in [0.2, 0.25) is 5.91 Å². The van der Waals surface area contributed by atoms with Crippen LogP contribution in [0.5, 0.6) is 17.2 Å². The molecule has 140 valence electrons. The number of hydrogen-bond donors (Lipinski definition) is 1. The summed E-state index contributed by atoms with van der Waals surface area (Å²) in [6.45, 7) is 7.36. The number of carbonyl (C=O) groups is 1. The van der Waals surface area contributed by atoms with E-state index in [1.807, 2.05) is 23.8 Å². The molecule has 1 aliphatic heterocycles. The minimum atomic E-state index is -0.349. The molecule has 0 spiro atoms. The Hall–Kier alpha value is -2.70. The number of amides is 1. The first-order valence-electron chi connectivity index (χ1n) is 8.78. The Morgan fingerprint density at radius 1 is 1.27 bits per heavy atom. The molecule has 0 fully saturated rings. The second kappa shape index (κ2) is 7.68. The minimum Gasteiger partial charge on any atom is -0.496 e. The first-order valence-corrected chi connectivity index (χ1v) is 8.78. The van der Waals surface area contributed by atoms with Gasteiger partial charge < -0.3 is 24.1 Å². The van der Waals surface area contributed by atoms with E-state index in [0.717, 1.165) is 11.4 Å². The first-order chi connectivity index (χ1) is 12.5. The average molecular weight is 359 g/mol. The number of carbonyl (C=O) groups excluding carboxylic acids is 1. The number of benzene rings is 1. The highest BCUT2D eigenvalue weighted by Crippen LogP contribution is 2.36. The zero-order chi connectivity index (χ0) is 18.7. The fourth-order valence-corrected chi connectivity index (χ4v) is 3.00. The van der Waals surface area contributed by atoms with Gasteiger partial charge in [-0.05, 0) is 13.0 Å². The van der Waals surface area contributed by atoms with Crippen LogP contribution in [0.15, 0.2) is 24.5 Å². The Bertz CT molecular complexity index is 785. The van der Waals surface area contributed by atoms with Gasteiger partial charge in [0.15, 0.2) is 11.5 Å². The minimum absolute atomic E-state index is 0.0816. The van der Waals surface area contributed by atoms with E-state index >= 15 is 0 Å². The van der Waals surface area contributed by atoms with Crippen LogP contribution < -0.4 is 19.5 Å². The highest BCUT2D eigenvalue weighted by atomic mass is 16.6. The largest absolute Gasteiger partial charge is 0.496 e. The summed E-state index contributed by atoms with van der Waals surface area (Å²) in [7, 11) is 1.60. The quantitative estimate of drug-likeness (QED) is 0.858. The SMILES string of the molecule is COc1cc2c(cc1CNC(=O)C(C)n1ccnc1C(C)C)OCCO2. The van der Waals surface area contributed by atoms with Gasteiger partial charge in [-0.2, -0.15) is 0 Å². The Labute approximate surface area is 153 Å². The van der Waals surface area contributed by atoms with Crippen molar-refractivity contribution in [2.45, 2.75) is 39.3 Å². The summed E-state index contributed by atoms with van der Waals surface area (Å²) >= 11 is 0. The highest BCUT2D eigenvalue weighted by molar-refractivity contribution is 5.80. The van der Waals surface area contributed by atoms with E-state index in [9.17, 15) is 4.79 Å². The van der Waals surface area contributed by atoms with Crippen molar-refractivity contribution in [3.05, 3.63) is 35.9 Å². The summed E-state index contributed by atoms with van der Waals surface area (Å²) < 4.78 is 18.5. The molecule has 1 N–H and O–H groups in total. The van der Waals surface area contributed by atoms with Gasteiger partial charge in [0.05, 0.1) is 7.11 Å². The lowest BCUT2D eigenvalue weighted by Gasteiger charge is -2.21. The summed E-state index contributed by atoms with van der Waals surface area (Å²) in [5, 5.41) is 2.97. The zero-order valence-corrected chi connectivity index (χ0v) is 15.6. The summed E-state index contributed by atoms with van der Waals surface area (Å²) in [6.07, 6.45) is 3.56. The van der Waals surface area contributed by atoms with Gasteiger partial charge >= 0.3 is 0 Å². The van der Waals surface area contributed by atoms with Crippen LogP contribution in [0.1, 0.15) is 44.1 Å². The number of rotatable bonds is 6. The van der Waals surface area contributed by atoms with Crippen LogP contribution in [0.25, 0.3) is 0 Å². The lowest BCUT2D eigenvalue weighted by Crippen LogP contribution is -2.31. The molecule has 0 saturated heterocycles. The molecule has 2 aromatic rings. The Morgan fingerprint density at radius 2 is 1.96 bits per heavy atom. The molecule has 1 aromatic heterocycles. The van der Waals surface area contributed by atoms with Gasteiger partial charge in [-0.25, -0.2) is 4.98 Å². The highest BCUT2D eigenvalue weighted by Gasteiger charge is 2.21. The standard InChI is InChI=1S/C19H25N3O4/c1-12(2)18-20-5-6-22(18)13(3)19(23)21-11-14-9-16-17(10-15(14)24-4)26-8-7-25-16/h5-6,9-10,12-13H,7-8,11H2,1-4H3,(H,21,23). The van der Waals surface area contributed by atoms with Crippen LogP contribution in [0.3, 0.4) is 0 Å². The predicted molar refractivity (Wildman–Crippen MR) is 96.9 cm³/mol. The molecule has 1 aromatic carbocycles. The van der Waals surface area contributed by atoms with Gasteiger partial charge in [-0.15, -0.1) is 0 Å². The molecule has 1 atom stereocenters. The van der Waals surface area contributed by atoms with Crippen LogP contribution in [-0.2, 0) is 11.3 Å². The third-order valence-corrected chi connectivity index (χ3v) is 4.41. The molecule has 7 nitrogen and oxygen atoms in total. The first kappa shape index (κ1) is 18.1. The summed E-state index contributed by atoms with van der Waals surface area (Å²) in [5.74, 6) is 3.06. The molecule has 1 aliphatic rings. The van der Waals surface area contributed by atoms with Crippen LogP contribution in [-0.4, -0.2) is 35.8 Å². The van der Waals surface area contributed by atoms with Crippen LogP contribution in [0.4, 0.5) is 0 Å². The fraction of sp³-hybridized carbons (Fsp3) is 0.474. The number of nitrogens with one attached hydrogen (secondary N) is 1. The molecule has 1 amide bonds. The molecule has 0 aliphatic carbocycles. The predicted octanol–water partition coefficient (Wildman–Crippen LogP) is 2.66. The van der Waals surface area contributed by atoms with Crippen molar-refractivity contribution >= 4 is 5.91 Å². The second-order valence-corrected chi connectivity index (χ2v) is 6.55. The van der Waals surface area contributed by atoms with Crippen LogP contribution >= 0.6 is 0 Å². The molecular weight excluding hydrogens is 334 g/mol. The molecular formula is C19H25N3O4. The summed E-state index contributed by atoms with van der Waals surface area (Å²) in [6, 6.07) is 3.30. The monoisotopic (exact) mass is 359 g/mol. The average Bonchev–Trinajstić information content (AvgIpc) is 3.14. The molecule has 0 bridgehead atoms. The van der Waals surface area contributed by atoms with E-state index in [4.69, 9.17) is 14.2 Å². The second-order valence-electron chi connectivity index (χ2n) is 6.55. The number of aromatic nitrogens is 2. The van der Waals surface area contributed by atoms with Crippen molar-refractivity contribution in [3.8, 4) is 17.2 Å². The van der Waals surface area contributed by atoms with E-state index in [0.29, 0.717) is 37.0 Å². The van der Waals surface area contributed by atoms with E-state index < -0.39 is 0 Å². The van der Waals surface area contributed by atoms with Gasteiger partial charge in [0.1, 0.15) is 30.8 Å². The third-order valence-electron chi connectivity index (χ3n) is 4.41. The topological polar surface area (TPSA) is 74.6 Å². The van der Waals surface area contributed by atoms with E-state index in [-0.39, 0.29) is 17.9 Å². The lowest BCUT2D eigenvalue weighted by atomic mass is 10.1. The lowest BCUT2D eigenvalue weighted by molar-refractivity contribution is -0.124. The van der Waals surface area contributed by atoms with Crippen LogP contribution in [0, 0.1) is 0 Å². The molecule has 1 unspecified atom stereocenters. The van der Waals surface area contributed by atoms with Crippen molar-refractivity contribution in [2.75, 3.05) is 20.3 Å². The Kier molecular flexibility index (Phi) is 5.35. The number of fused-ring (bicyclic) bond motifs is 1. The number of nitrogens with zero attached hydrogens (tertiary/aromatic N) is 2. The summed E-state index contributed by atoms with van der Waals surface area (Å²) in [5.41, 5.74) is 0.840. The smallest absolute Gasteiger partial charge is 0.243 e. The maximum absolute atomic E-state index is 12.6. The maximum Gasteiger partial charge on any atom is 0.243 e. The van der Waals surface area contributed by atoms with Gasteiger partial charge in [0.25, 0.3) is 0 Å². The Morgan fingerprint density at radius 3 is 2.62 bits per heavy atom. The van der Waals surface area contributed by atoms with Crippen LogP contribution in [0.2, 0.25) is 0 Å². The van der Waals surface area contributed by atoms with Gasteiger partial charge in [0, 0.05) is 36.5 Å². The number of ether oxygens (including phenoxy) is 3. The summed E-state index contributed by atoms with van der Waals surface area (Å²) in [4.78, 5) is 17.0. The number of hydrogen-bond acceptors (Lipinski definition) is 5. The number of imidazole rings is 1. The van der Waals surface area contributed by atoms with E-state index in [2.05, 4.69) is 24.1 Å². The van der Waals surface area contributed by atoms with Crippen molar-refractivity contribution < 1.29 is 19.0 Å². The molecule has 0 saturated carbocycles. The Balaban J connectivity index is 1.72. The van der Waals surface area contributed by atoms with Gasteiger partial charge in [-0.1, -0.05) is 13.8 Å². The molecule has 26 heavy (non-hydrogen) atoms. The molecule has 0 radical (unpaired) electrons. The van der Waals surface area contributed by atoms with Crippen molar-refractivity contribution in [1.29, 1.82) is 0 Å². The zero-order valence-electron chi connectivity index (χ0n) is 15.6. The molecule has 2 heterocycles. The normalized spacial score (nSPS) is 14.2. The van der Waals surface area contributed by atoms with E-state index in [1.165, 1.54) is 0 Å².